The molecule has 1 atom stereocenters. The smallest absolute Gasteiger partial charge is 0.350 e. The molecule has 19 heavy (non-hydrogen) atoms. The van der Waals surface area contributed by atoms with Crippen molar-refractivity contribution in [3.63, 3.8) is 0 Å². The molecule has 0 spiro atoms. The Bertz CT molecular complexity index is 631. The molecular formula is C15H19N3O. The lowest BCUT2D eigenvalue weighted by molar-refractivity contribution is 0.597. The fraction of sp³-hybridized carbons (Fsp3) is 0.333. The molecule has 0 amide bonds. The Balaban J connectivity index is 2.41. The van der Waals surface area contributed by atoms with Crippen molar-refractivity contribution in [2.24, 2.45) is 0 Å². The van der Waals surface area contributed by atoms with Gasteiger partial charge in [-0.1, -0.05) is 38.1 Å². The topological polar surface area (TPSA) is 60.9 Å². The molecule has 4 heteroatoms. The molecule has 0 saturated heterocycles. The second-order valence-corrected chi connectivity index (χ2v) is 5.04. The summed E-state index contributed by atoms with van der Waals surface area (Å²) in [4.78, 5) is 15.6. The highest BCUT2D eigenvalue weighted by Gasteiger charge is 2.11. The third kappa shape index (κ3) is 2.84. The highest BCUT2D eigenvalue weighted by molar-refractivity contribution is 5.29. The molecule has 0 aliphatic heterocycles. The summed E-state index contributed by atoms with van der Waals surface area (Å²) in [6, 6.07) is 9.88. The molecule has 2 aromatic rings. The van der Waals surface area contributed by atoms with E-state index in [4.69, 9.17) is 5.73 Å². The van der Waals surface area contributed by atoms with Crippen molar-refractivity contribution in [1.82, 2.24) is 9.55 Å². The Morgan fingerprint density at radius 1 is 1.16 bits per heavy atom. The lowest BCUT2D eigenvalue weighted by Gasteiger charge is -2.16. The molecule has 100 valence electrons. The summed E-state index contributed by atoms with van der Waals surface area (Å²) in [5.41, 5.74) is 7.55. The van der Waals surface area contributed by atoms with Gasteiger partial charge in [-0.25, -0.2) is 4.79 Å². The minimum absolute atomic E-state index is 0.0562. The number of nitrogens with zero attached hydrogens (tertiary/aromatic N) is 2. The lowest BCUT2D eigenvalue weighted by Crippen LogP contribution is -2.26. The molecule has 1 heterocycles. The van der Waals surface area contributed by atoms with E-state index in [-0.39, 0.29) is 17.5 Å². The Labute approximate surface area is 112 Å². The van der Waals surface area contributed by atoms with Crippen molar-refractivity contribution in [2.45, 2.75) is 32.7 Å². The normalized spacial score (nSPS) is 12.6. The third-order valence-electron chi connectivity index (χ3n) is 3.33. The van der Waals surface area contributed by atoms with Crippen LogP contribution in [0.15, 0.2) is 41.3 Å². The van der Waals surface area contributed by atoms with E-state index in [1.807, 2.05) is 19.1 Å². The van der Waals surface area contributed by atoms with Gasteiger partial charge in [-0.05, 0) is 30.0 Å². The van der Waals surface area contributed by atoms with E-state index in [0.717, 1.165) is 5.56 Å². The molecule has 1 aromatic heterocycles. The van der Waals surface area contributed by atoms with Crippen LogP contribution in [0.25, 0.3) is 0 Å². The molecular weight excluding hydrogens is 238 g/mol. The standard InChI is InChI=1S/C15H19N3O/c1-10(2)12-5-4-6-13(9-12)11(3)18-8-7-14(16)17-15(18)19/h4-11H,1-3H3,(H2,16,17,19). The van der Waals surface area contributed by atoms with Crippen LogP contribution in [0, 0.1) is 0 Å². The zero-order valence-corrected chi connectivity index (χ0v) is 11.5. The summed E-state index contributed by atoms with van der Waals surface area (Å²) in [5.74, 6) is 0.720. The van der Waals surface area contributed by atoms with E-state index in [1.165, 1.54) is 5.56 Å². The average Bonchev–Trinajstić information content (AvgIpc) is 2.38. The van der Waals surface area contributed by atoms with Gasteiger partial charge in [0.2, 0.25) is 0 Å². The molecule has 0 bridgehead atoms. The fourth-order valence-corrected chi connectivity index (χ4v) is 2.06. The van der Waals surface area contributed by atoms with E-state index in [2.05, 4.69) is 31.0 Å². The van der Waals surface area contributed by atoms with Gasteiger partial charge in [-0.15, -0.1) is 0 Å². The first-order valence-corrected chi connectivity index (χ1v) is 6.43. The predicted octanol–water partition coefficient (Wildman–Crippen LogP) is 2.56. The van der Waals surface area contributed by atoms with Crippen LogP contribution in [0.2, 0.25) is 0 Å². The van der Waals surface area contributed by atoms with Crippen LogP contribution in [0.3, 0.4) is 0 Å². The largest absolute Gasteiger partial charge is 0.383 e. The Kier molecular flexibility index (Phi) is 3.69. The van der Waals surface area contributed by atoms with Crippen LogP contribution in [-0.2, 0) is 0 Å². The van der Waals surface area contributed by atoms with Crippen LogP contribution in [0.1, 0.15) is 43.9 Å². The molecule has 2 rings (SSSR count). The maximum atomic E-state index is 11.8. The summed E-state index contributed by atoms with van der Waals surface area (Å²) in [7, 11) is 0. The zero-order valence-electron chi connectivity index (χ0n) is 11.5. The monoisotopic (exact) mass is 257 g/mol. The van der Waals surface area contributed by atoms with Gasteiger partial charge in [0.05, 0.1) is 6.04 Å². The van der Waals surface area contributed by atoms with Crippen LogP contribution >= 0.6 is 0 Å². The molecule has 0 radical (unpaired) electrons. The van der Waals surface area contributed by atoms with Gasteiger partial charge in [0.15, 0.2) is 0 Å². The number of aromatic nitrogens is 2. The molecule has 2 N–H and O–H groups in total. The molecule has 0 aliphatic rings. The van der Waals surface area contributed by atoms with Gasteiger partial charge >= 0.3 is 5.69 Å². The van der Waals surface area contributed by atoms with Crippen LogP contribution in [0.5, 0.6) is 0 Å². The summed E-state index contributed by atoms with van der Waals surface area (Å²) < 4.78 is 1.59. The van der Waals surface area contributed by atoms with E-state index in [9.17, 15) is 4.79 Å². The van der Waals surface area contributed by atoms with Crippen LogP contribution in [0.4, 0.5) is 5.82 Å². The first kappa shape index (κ1) is 13.3. The highest BCUT2D eigenvalue weighted by Crippen LogP contribution is 2.21. The minimum Gasteiger partial charge on any atom is -0.383 e. The Hall–Kier alpha value is -2.10. The molecule has 0 aliphatic carbocycles. The van der Waals surface area contributed by atoms with E-state index >= 15 is 0 Å². The first-order chi connectivity index (χ1) is 8.99. The minimum atomic E-state index is -0.317. The van der Waals surface area contributed by atoms with Gasteiger partial charge in [-0.2, -0.15) is 4.98 Å². The van der Waals surface area contributed by atoms with Crippen LogP contribution < -0.4 is 11.4 Å². The number of anilines is 1. The first-order valence-electron chi connectivity index (χ1n) is 6.43. The predicted molar refractivity (Wildman–Crippen MR) is 77.3 cm³/mol. The van der Waals surface area contributed by atoms with Gasteiger partial charge < -0.3 is 5.73 Å². The number of rotatable bonds is 3. The SMILES string of the molecule is CC(C)c1cccc(C(C)n2ccc(N)nc2=O)c1. The van der Waals surface area contributed by atoms with Gasteiger partial charge in [0.25, 0.3) is 0 Å². The number of benzene rings is 1. The second-order valence-electron chi connectivity index (χ2n) is 5.04. The Morgan fingerprint density at radius 3 is 2.47 bits per heavy atom. The van der Waals surface area contributed by atoms with E-state index < -0.39 is 0 Å². The number of hydrogen-bond donors (Lipinski definition) is 1. The average molecular weight is 257 g/mol. The maximum Gasteiger partial charge on any atom is 0.350 e. The maximum absolute atomic E-state index is 11.8. The molecule has 0 fully saturated rings. The summed E-state index contributed by atoms with van der Waals surface area (Å²) >= 11 is 0. The fourth-order valence-electron chi connectivity index (χ4n) is 2.06. The number of nitrogens with two attached hydrogens (primary N) is 1. The second kappa shape index (κ2) is 5.26. The van der Waals surface area contributed by atoms with Crippen LogP contribution in [-0.4, -0.2) is 9.55 Å². The van der Waals surface area contributed by atoms with Crippen molar-refractivity contribution in [2.75, 3.05) is 5.73 Å². The number of nitrogen functional groups attached to an aromatic ring is 1. The van der Waals surface area contributed by atoms with Crippen molar-refractivity contribution in [3.05, 3.63) is 58.1 Å². The molecule has 0 saturated carbocycles. The zero-order chi connectivity index (χ0) is 14.0. The number of hydrogen-bond acceptors (Lipinski definition) is 3. The summed E-state index contributed by atoms with van der Waals surface area (Å²) in [6.45, 7) is 6.29. The summed E-state index contributed by atoms with van der Waals surface area (Å²) in [5, 5.41) is 0. The molecule has 1 aromatic carbocycles. The van der Waals surface area contributed by atoms with Crippen molar-refractivity contribution in [3.8, 4) is 0 Å². The van der Waals surface area contributed by atoms with Gasteiger partial charge in [0.1, 0.15) is 5.82 Å². The highest BCUT2D eigenvalue weighted by atomic mass is 16.1. The van der Waals surface area contributed by atoms with Crippen molar-refractivity contribution in [1.29, 1.82) is 0 Å². The third-order valence-corrected chi connectivity index (χ3v) is 3.33. The van der Waals surface area contributed by atoms with E-state index in [1.54, 1.807) is 16.8 Å². The van der Waals surface area contributed by atoms with Gasteiger partial charge in [-0.3, -0.25) is 4.57 Å². The molecule has 4 nitrogen and oxygen atoms in total. The molecule has 1 unspecified atom stereocenters. The van der Waals surface area contributed by atoms with Gasteiger partial charge in [0, 0.05) is 6.20 Å². The lowest BCUT2D eigenvalue weighted by atomic mass is 9.98. The van der Waals surface area contributed by atoms with E-state index in [0.29, 0.717) is 5.92 Å². The summed E-state index contributed by atoms with van der Waals surface area (Å²) in [6.07, 6.45) is 1.69. The van der Waals surface area contributed by atoms with Crippen molar-refractivity contribution >= 4 is 5.82 Å². The van der Waals surface area contributed by atoms with Crippen molar-refractivity contribution < 1.29 is 0 Å². The Morgan fingerprint density at radius 2 is 1.84 bits per heavy atom. The quantitative estimate of drug-likeness (QED) is 0.919.